The van der Waals surface area contributed by atoms with Gasteiger partial charge in [-0.25, -0.2) is 18.0 Å². The molecule has 0 heterocycles. The maximum absolute atomic E-state index is 12.6. The van der Waals surface area contributed by atoms with Crippen LogP contribution in [0.3, 0.4) is 0 Å². The van der Waals surface area contributed by atoms with Crippen LogP contribution in [0.5, 0.6) is 0 Å². The van der Waals surface area contributed by atoms with Gasteiger partial charge in [-0.3, -0.25) is 0 Å². The van der Waals surface area contributed by atoms with Gasteiger partial charge in [0.1, 0.15) is 0 Å². The maximum atomic E-state index is 12.6. The topological polar surface area (TPSA) is 109 Å². The zero-order valence-corrected chi connectivity index (χ0v) is 11.4. The second-order valence-electron chi connectivity index (χ2n) is 4.11. The summed E-state index contributed by atoms with van der Waals surface area (Å²) in [6.45, 7) is 0. The summed E-state index contributed by atoms with van der Waals surface area (Å²) in [5, 5.41) is 18.1. The number of aromatic carboxylic acids is 2. The number of carboxylic acids is 2. The average molecular weight is 446 g/mol. The normalized spacial score (nSPS) is 10.5. The van der Waals surface area contributed by atoms with Gasteiger partial charge in [0.2, 0.25) is 9.84 Å². The van der Waals surface area contributed by atoms with Crippen LogP contribution in [0, 0.1) is 0 Å². The summed E-state index contributed by atoms with van der Waals surface area (Å²) in [6, 6.07) is 10.1. The van der Waals surface area contributed by atoms with Crippen molar-refractivity contribution < 1.29 is 28.2 Å². The molecule has 2 rings (SSSR count). The Balaban J connectivity index is 0.00000242. The van der Waals surface area contributed by atoms with E-state index >= 15 is 0 Å². The van der Waals surface area contributed by atoms with Crippen LogP contribution in [0.25, 0.3) is 0 Å². The molecule has 0 aliphatic carbocycles. The first-order chi connectivity index (χ1) is 9.85. The third-order valence-corrected chi connectivity index (χ3v) is 4.68. The van der Waals surface area contributed by atoms with Crippen LogP contribution < -0.4 is 0 Å². The Hall–Kier alpha value is -1.10. The Labute approximate surface area is 166 Å². The van der Waals surface area contributed by atoms with Crippen LogP contribution >= 0.6 is 0 Å². The van der Waals surface area contributed by atoms with Crippen molar-refractivity contribution in [3.63, 3.8) is 0 Å². The average Bonchev–Trinajstić information content (AvgIpc) is 2.47. The van der Waals surface area contributed by atoms with E-state index in [1.165, 1.54) is 24.3 Å². The minimum atomic E-state index is -4.25. The number of hydrogen-bond acceptors (Lipinski definition) is 4. The Morgan fingerprint density at radius 2 is 1.05 bits per heavy atom. The van der Waals surface area contributed by atoms with Crippen molar-refractivity contribution in [2.24, 2.45) is 0 Å². The molecule has 2 N–H and O–H groups in total. The van der Waals surface area contributed by atoms with Crippen molar-refractivity contribution in [1.82, 2.24) is 0 Å². The molecule has 0 amide bonds. The van der Waals surface area contributed by atoms with E-state index in [-0.39, 0.29) is 48.9 Å². The summed E-state index contributed by atoms with van der Waals surface area (Å²) in [5.74, 6) is -2.80. The molecule has 0 atom stereocenters. The number of hydrogen-bond donors (Lipinski definition) is 2. The third-order valence-electron chi connectivity index (χ3n) is 2.81. The van der Waals surface area contributed by atoms with Gasteiger partial charge in [-0.2, -0.15) is 0 Å². The first-order valence-corrected chi connectivity index (χ1v) is 7.23. The number of sulfone groups is 1. The molecule has 0 unspecified atom stereocenters. The van der Waals surface area contributed by atoms with Gasteiger partial charge in [-0.05, 0) is 24.3 Å². The number of benzene rings is 2. The number of rotatable bonds is 4. The quantitative estimate of drug-likeness (QED) is 0.680. The van der Waals surface area contributed by atoms with E-state index in [0.29, 0.717) is 0 Å². The second kappa shape index (κ2) is 7.45. The van der Waals surface area contributed by atoms with Gasteiger partial charge in [0.25, 0.3) is 0 Å². The third kappa shape index (κ3) is 3.62. The summed E-state index contributed by atoms with van der Waals surface area (Å²) in [4.78, 5) is 21.4. The molecule has 0 aromatic heterocycles. The first kappa shape index (κ1) is 18.9. The van der Waals surface area contributed by atoms with Gasteiger partial charge in [0.05, 0.1) is 20.9 Å². The molecule has 0 fully saturated rings. The summed E-state index contributed by atoms with van der Waals surface area (Å²) < 4.78 is 25.1. The molecular weight excluding hydrogens is 434 g/mol. The molecule has 6 nitrogen and oxygen atoms in total. The number of carboxylic acid groups (broad SMARTS) is 2. The van der Waals surface area contributed by atoms with E-state index < -0.39 is 42.7 Å². The van der Waals surface area contributed by atoms with Gasteiger partial charge >= 0.3 is 60.8 Å². The van der Waals surface area contributed by atoms with Gasteiger partial charge in [-0.1, -0.05) is 24.3 Å². The predicted octanol–water partition coefficient (Wildman–Crippen LogP) is 1.000. The standard InChI is InChI=1S/C14H10O6S.Ba.2H/c15-13(16)9-5-1-3-7-11(9)21(19,20)12-8-4-2-6-10(12)14(17)18;;;/h1-8H,(H,15,16)(H,17,18);;;. The van der Waals surface area contributed by atoms with Crippen LogP contribution in [0.1, 0.15) is 20.7 Å². The summed E-state index contributed by atoms with van der Waals surface area (Å²) in [5.41, 5.74) is -0.810. The molecular formula is C14H12BaO6S. The molecule has 2 aromatic rings. The molecule has 22 heavy (non-hydrogen) atoms. The molecule has 0 aliphatic heterocycles. The molecule has 0 saturated heterocycles. The minimum absolute atomic E-state index is 0. The molecule has 0 aliphatic rings. The van der Waals surface area contributed by atoms with E-state index in [1.807, 2.05) is 0 Å². The Kier molecular flexibility index (Phi) is 6.41. The molecule has 112 valence electrons. The second-order valence-corrected chi connectivity index (χ2v) is 5.99. The van der Waals surface area contributed by atoms with Crippen LogP contribution in [-0.2, 0) is 9.84 Å². The zero-order valence-electron chi connectivity index (χ0n) is 10.6. The summed E-state index contributed by atoms with van der Waals surface area (Å²) in [6.07, 6.45) is 0. The molecule has 8 heteroatoms. The van der Waals surface area contributed by atoms with Gasteiger partial charge < -0.3 is 10.2 Å². The van der Waals surface area contributed by atoms with Crippen LogP contribution in [0.4, 0.5) is 0 Å². The van der Waals surface area contributed by atoms with Crippen molar-refractivity contribution in [2.45, 2.75) is 9.79 Å². The van der Waals surface area contributed by atoms with Crippen LogP contribution in [-0.4, -0.2) is 79.5 Å². The van der Waals surface area contributed by atoms with Crippen molar-refractivity contribution in [3.8, 4) is 0 Å². The fraction of sp³-hybridized carbons (Fsp3) is 0. The predicted molar refractivity (Wildman–Crippen MR) is 80.8 cm³/mol. The van der Waals surface area contributed by atoms with Gasteiger partial charge in [-0.15, -0.1) is 0 Å². The molecule has 0 saturated carbocycles. The van der Waals surface area contributed by atoms with Crippen molar-refractivity contribution in [1.29, 1.82) is 0 Å². The zero-order chi connectivity index (χ0) is 15.6. The molecule has 0 spiro atoms. The first-order valence-electron chi connectivity index (χ1n) is 5.75. The fourth-order valence-corrected chi connectivity index (χ4v) is 3.52. The van der Waals surface area contributed by atoms with E-state index in [1.54, 1.807) is 0 Å². The van der Waals surface area contributed by atoms with Crippen LogP contribution in [0.15, 0.2) is 58.3 Å². The van der Waals surface area contributed by atoms with Crippen LogP contribution in [0.2, 0.25) is 0 Å². The Bertz CT molecular complexity index is 765. The Morgan fingerprint density at radius 1 is 0.727 bits per heavy atom. The number of carbonyl (C=O) groups is 2. The fourth-order valence-electron chi connectivity index (χ4n) is 1.87. The van der Waals surface area contributed by atoms with Gasteiger partial charge in [0.15, 0.2) is 0 Å². The van der Waals surface area contributed by atoms with Gasteiger partial charge in [0, 0.05) is 0 Å². The molecule has 0 radical (unpaired) electrons. The summed E-state index contributed by atoms with van der Waals surface area (Å²) >= 11 is 0. The SMILES string of the molecule is O=C(O)c1ccccc1S(=O)(=O)c1ccccc1C(=O)O.[BaH2]. The Morgan fingerprint density at radius 3 is 1.36 bits per heavy atom. The molecule has 0 bridgehead atoms. The van der Waals surface area contributed by atoms with Crippen molar-refractivity contribution in [2.75, 3.05) is 0 Å². The van der Waals surface area contributed by atoms with E-state index in [9.17, 15) is 18.0 Å². The van der Waals surface area contributed by atoms with E-state index in [0.717, 1.165) is 24.3 Å². The van der Waals surface area contributed by atoms with Crippen molar-refractivity contribution >= 4 is 70.7 Å². The molecule has 2 aromatic carbocycles. The van der Waals surface area contributed by atoms with E-state index in [2.05, 4.69) is 0 Å². The monoisotopic (exact) mass is 446 g/mol. The summed E-state index contributed by atoms with van der Waals surface area (Å²) in [7, 11) is -4.25. The van der Waals surface area contributed by atoms with Crippen molar-refractivity contribution in [3.05, 3.63) is 59.7 Å². The van der Waals surface area contributed by atoms with E-state index in [4.69, 9.17) is 10.2 Å².